The maximum absolute atomic E-state index is 12.9. The number of hydrogen-bond acceptors (Lipinski definition) is 5. The van der Waals surface area contributed by atoms with Crippen molar-refractivity contribution in [3.05, 3.63) is 52.5 Å². The summed E-state index contributed by atoms with van der Waals surface area (Å²) in [6, 6.07) is 7.06. The fourth-order valence-electron chi connectivity index (χ4n) is 2.77. The van der Waals surface area contributed by atoms with Crippen LogP contribution in [0.15, 0.2) is 45.9 Å². The van der Waals surface area contributed by atoms with E-state index < -0.39 is 11.9 Å². The van der Waals surface area contributed by atoms with Gasteiger partial charge in [-0.05, 0) is 23.1 Å². The molecule has 0 saturated carbocycles. The van der Waals surface area contributed by atoms with Gasteiger partial charge in [-0.2, -0.15) is 18.3 Å². The Labute approximate surface area is 168 Å². The molecule has 3 rings (SSSR count). The highest BCUT2D eigenvalue weighted by molar-refractivity contribution is 7.15. The maximum Gasteiger partial charge on any atom is 0.433 e. The van der Waals surface area contributed by atoms with Crippen LogP contribution in [0.5, 0.6) is 0 Å². The second-order valence-corrected chi connectivity index (χ2v) is 7.08. The molecule has 0 aliphatic carbocycles. The van der Waals surface area contributed by atoms with E-state index in [1.165, 1.54) is 23.5 Å². The number of hydrogen-bond donors (Lipinski definition) is 2. The van der Waals surface area contributed by atoms with Gasteiger partial charge in [-0.15, -0.1) is 16.4 Å². The predicted octanol–water partition coefficient (Wildman–Crippen LogP) is 2.08. The zero-order chi connectivity index (χ0) is 21.2. The lowest BCUT2D eigenvalue weighted by Gasteiger charge is -2.09. The van der Waals surface area contributed by atoms with E-state index in [0.717, 1.165) is 11.5 Å². The smallest absolute Gasteiger partial charge is 0.382 e. The molecule has 11 heteroatoms. The number of carbonyl (C=O) groups is 1. The average molecular weight is 417 g/mol. The molecule has 0 aliphatic heterocycles. The molecule has 2 aromatic heterocycles. The summed E-state index contributed by atoms with van der Waals surface area (Å²) in [5.41, 5.74) is 6.98. The van der Waals surface area contributed by atoms with Crippen molar-refractivity contribution in [2.75, 3.05) is 5.32 Å². The number of pyridine rings is 1. The number of rotatable bonds is 5. The van der Waals surface area contributed by atoms with E-state index in [2.05, 4.69) is 27.2 Å². The predicted molar refractivity (Wildman–Crippen MR) is 112 cm³/mol. The summed E-state index contributed by atoms with van der Waals surface area (Å²) in [6.07, 6.45) is -4.57. The Morgan fingerprint density at radius 3 is 2.72 bits per heavy atom. The molecule has 148 valence electrons. The van der Waals surface area contributed by atoms with Crippen LogP contribution in [0.3, 0.4) is 0 Å². The van der Waals surface area contributed by atoms with Gasteiger partial charge in [0.25, 0.3) is 0 Å². The van der Waals surface area contributed by atoms with Crippen molar-refractivity contribution in [3.8, 4) is 0 Å². The van der Waals surface area contributed by atoms with E-state index in [-0.39, 0.29) is 23.7 Å². The number of anilines is 1. The van der Waals surface area contributed by atoms with Gasteiger partial charge in [-0.3, -0.25) is 4.79 Å². The molecule has 3 aromatic rings. The number of thiophene rings is 1. The van der Waals surface area contributed by atoms with E-state index in [1.807, 2.05) is 13.2 Å². The van der Waals surface area contributed by atoms with E-state index >= 15 is 0 Å². The molecule has 0 bridgehead atoms. The van der Waals surface area contributed by atoms with Crippen LogP contribution < -0.4 is 16.5 Å². The highest BCUT2D eigenvalue weighted by Crippen LogP contribution is 2.29. The Kier molecular flexibility index (Phi) is 5.69. The third-order valence-electron chi connectivity index (χ3n) is 4.07. The van der Waals surface area contributed by atoms with Crippen LogP contribution in [0.25, 0.3) is 10.9 Å². The highest BCUT2D eigenvalue weighted by Gasteiger charge is 2.32. The molecule has 0 atom stereocenters. The lowest BCUT2D eigenvalue weighted by atomic mass is 9.94. The number of fused-ring (bicyclic) bond motifs is 1. The van der Waals surface area contributed by atoms with Gasteiger partial charge in [-0.1, -0.05) is 23.7 Å². The number of benzene rings is 1. The van der Waals surface area contributed by atoms with Crippen molar-refractivity contribution < 1.29 is 18.0 Å². The van der Waals surface area contributed by atoms with Gasteiger partial charge in [0.1, 0.15) is 18.5 Å². The van der Waals surface area contributed by atoms with Crippen LogP contribution >= 0.6 is 11.3 Å². The summed E-state index contributed by atoms with van der Waals surface area (Å²) >= 11 is 1.28. The van der Waals surface area contributed by atoms with Crippen molar-refractivity contribution in [1.29, 1.82) is 0 Å². The maximum atomic E-state index is 12.9. The molecule has 1 amide bonds. The van der Waals surface area contributed by atoms with Crippen molar-refractivity contribution in [2.45, 2.75) is 12.6 Å². The first-order valence-corrected chi connectivity index (χ1v) is 9.21. The Hall–Kier alpha value is -3.21. The fraction of sp³-hybridized carbons (Fsp3) is 0.111. The molecule has 29 heavy (non-hydrogen) atoms. The molecule has 0 aliphatic rings. The molecule has 3 N–H and O–H groups in total. The lowest BCUT2D eigenvalue weighted by Crippen LogP contribution is -2.24. The van der Waals surface area contributed by atoms with Gasteiger partial charge >= 0.3 is 6.18 Å². The molecule has 0 unspecified atom stereocenters. The number of halogens is 3. The van der Waals surface area contributed by atoms with Crippen LogP contribution in [-0.2, 0) is 17.4 Å². The Morgan fingerprint density at radius 1 is 1.31 bits per heavy atom. The minimum absolute atomic E-state index is 0.0407. The first-order valence-electron chi connectivity index (χ1n) is 8.33. The SMILES string of the molecule is Bc1csc(NC(=O)Cc2ccc3ccc(C(F)(F)F)nc3c2)c1/C(N)=N/N=C. The minimum atomic E-state index is -4.53. The van der Waals surface area contributed by atoms with Gasteiger partial charge in [-0.25, -0.2) is 4.98 Å². The molecule has 0 spiro atoms. The molecule has 0 radical (unpaired) electrons. The number of alkyl halides is 3. The summed E-state index contributed by atoms with van der Waals surface area (Å²) in [4.78, 5) is 16.1. The number of carbonyl (C=O) groups excluding carboxylic acids is 1. The van der Waals surface area contributed by atoms with Crippen molar-refractivity contribution >= 4 is 59.0 Å². The molecule has 2 heterocycles. The summed E-state index contributed by atoms with van der Waals surface area (Å²) < 4.78 is 38.6. The monoisotopic (exact) mass is 417 g/mol. The zero-order valence-corrected chi connectivity index (χ0v) is 16.1. The van der Waals surface area contributed by atoms with Crippen LogP contribution in [-0.4, -0.2) is 31.3 Å². The first-order chi connectivity index (χ1) is 13.7. The van der Waals surface area contributed by atoms with Crippen LogP contribution in [0, 0.1) is 0 Å². The fourth-order valence-corrected chi connectivity index (χ4v) is 3.74. The van der Waals surface area contributed by atoms with Crippen molar-refractivity contribution in [2.24, 2.45) is 15.9 Å². The quantitative estimate of drug-likeness (QED) is 0.288. The molecule has 0 fully saturated rings. The summed E-state index contributed by atoms with van der Waals surface area (Å²) in [5.74, 6) is -0.220. The lowest BCUT2D eigenvalue weighted by molar-refractivity contribution is -0.141. The van der Waals surface area contributed by atoms with Crippen molar-refractivity contribution in [1.82, 2.24) is 4.98 Å². The highest BCUT2D eigenvalue weighted by atomic mass is 32.1. The Balaban J connectivity index is 1.82. The van der Waals surface area contributed by atoms with Crippen molar-refractivity contribution in [3.63, 3.8) is 0 Å². The number of aromatic nitrogens is 1. The van der Waals surface area contributed by atoms with Gasteiger partial charge in [0, 0.05) is 17.7 Å². The standard InChI is InChI=1S/C18H15BF3N5OS/c1-24-27-16(23)15-11(19)8-29-17(15)26-14(28)7-9-2-3-10-4-5-13(18(20,21)22)25-12(10)6-9/h2-6,8H,1,7,19H2,(H2,23,27)(H,26,28). The summed E-state index contributed by atoms with van der Waals surface area (Å²) in [7, 11) is 1.82. The van der Waals surface area contributed by atoms with E-state index in [4.69, 9.17) is 5.73 Å². The van der Waals surface area contributed by atoms with E-state index in [1.54, 1.807) is 12.1 Å². The third-order valence-corrected chi connectivity index (χ3v) is 5.09. The van der Waals surface area contributed by atoms with Crippen LogP contribution in [0.2, 0.25) is 0 Å². The Bertz CT molecular complexity index is 1130. The number of nitrogens with one attached hydrogen (secondary N) is 1. The van der Waals surface area contributed by atoms with Crippen LogP contribution in [0.1, 0.15) is 16.8 Å². The van der Waals surface area contributed by atoms with Gasteiger partial charge in [0.2, 0.25) is 5.91 Å². The van der Waals surface area contributed by atoms with Crippen LogP contribution in [0.4, 0.5) is 18.2 Å². The second-order valence-electron chi connectivity index (χ2n) is 6.20. The van der Waals surface area contributed by atoms with Gasteiger partial charge in [0.05, 0.1) is 11.9 Å². The molecular weight excluding hydrogens is 402 g/mol. The average Bonchev–Trinajstić information content (AvgIpc) is 3.00. The van der Waals surface area contributed by atoms with Gasteiger partial charge in [0.15, 0.2) is 5.84 Å². The van der Waals surface area contributed by atoms with E-state index in [9.17, 15) is 18.0 Å². The summed E-state index contributed by atoms with van der Waals surface area (Å²) in [6.45, 7) is 3.26. The first kappa shape index (κ1) is 20.5. The molecule has 6 nitrogen and oxygen atoms in total. The zero-order valence-electron chi connectivity index (χ0n) is 15.2. The normalized spacial score (nSPS) is 12.2. The van der Waals surface area contributed by atoms with Gasteiger partial charge < -0.3 is 11.1 Å². The third kappa shape index (κ3) is 4.62. The van der Waals surface area contributed by atoms with E-state index in [0.29, 0.717) is 21.5 Å². The minimum Gasteiger partial charge on any atom is -0.382 e. The molecular formula is C18H15BF3N5OS. The summed E-state index contributed by atoms with van der Waals surface area (Å²) in [5, 5.41) is 12.7. The second kappa shape index (κ2) is 8.04. The Morgan fingerprint density at radius 2 is 2.03 bits per heavy atom. The topological polar surface area (TPSA) is 92.7 Å². The molecule has 1 aromatic carbocycles. The number of amidine groups is 1. The largest absolute Gasteiger partial charge is 0.433 e. The number of nitrogens with zero attached hydrogens (tertiary/aromatic N) is 3. The number of nitrogens with two attached hydrogens (primary N) is 1. The number of amides is 1. The molecule has 0 saturated heterocycles.